The first-order valence-corrected chi connectivity index (χ1v) is 11.2. The van der Waals surface area contributed by atoms with E-state index >= 15 is 0 Å². The monoisotopic (exact) mass is 450 g/mol. The normalized spacial score (nSPS) is 13.8. The van der Waals surface area contributed by atoms with Crippen LogP contribution in [0.3, 0.4) is 0 Å². The lowest BCUT2D eigenvalue weighted by molar-refractivity contribution is -0.142. The van der Waals surface area contributed by atoms with Gasteiger partial charge in [-0.05, 0) is 35.1 Å². The number of carbonyl (C=O) groups is 3. The van der Waals surface area contributed by atoms with Crippen molar-refractivity contribution in [2.45, 2.75) is 38.1 Å². The number of hydrogen-bond donors (Lipinski definition) is 3. The minimum Gasteiger partial charge on any atom is -0.481 e. The highest BCUT2D eigenvalue weighted by atomic mass is 16.5. The van der Waals surface area contributed by atoms with Crippen LogP contribution in [0.2, 0.25) is 0 Å². The molecule has 3 rings (SSSR count). The average molecular weight is 451 g/mol. The molecule has 2 unspecified atom stereocenters. The summed E-state index contributed by atoms with van der Waals surface area (Å²) in [6, 6.07) is 15.2. The first kappa shape index (κ1) is 24.0. The van der Waals surface area contributed by atoms with E-state index in [0.29, 0.717) is 12.8 Å². The highest BCUT2D eigenvalue weighted by Gasteiger charge is 2.30. The molecule has 2 atom stereocenters. The van der Waals surface area contributed by atoms with E-state index in [0.717, 1.165) is 22.3 Å². The van der Waals surface area contributed by atoms with E-state index in [1.165, 1.54) is 6.08 Å². The Morgan fingerprint density at radius 2 is 1.70 bits per heavy atom. The summed E-state index contributed by atoms with van der Waals surface area (Å²) in [7, 11) is 0. The minimum absolute atomic E-state index is 0.00200. The van der Waals surface area contributed by atoms with Gasteiger partial charge < -0.3 is 20.5 Å². The van der Waals surface area contributed by atoms with Crippen molar-refractivity contribution in [3.05, 3.63) is 72.3 Å². The molecule has 2 amide bonds. The second-order valence-corrected chi connectivity index (χ2v) is 8.12. The number of benzene rings is 2. The minimum atomic E-state index is -0.957. The molecule has 2 aromatic carbocycles. The van der Waals surface area contributed by atoms with Crippen LogP contribution in [0.15, 0.2) is 61.2 Å². The van der Waals surface area contributed by atoms with Gasteiger partial charge in [0.05, 0.1) is 5.92 Å². The SMILES string of the molecule is C=CCC(NC(=O)OCC1c2ccccc2-c2ccccc21)C(=O)NCC(CCC)C(=O)O. The van der Waals surface area contributed by atoms with E-state index in [2.05, 4.69) is 29.3 Å². The zero-order valence-electron chi connectivity index (χ0n) is 18.8. The Balaban J connectivity index is 1.60. The largest absolute Gasteiger partial charge is 0.481 e. The van der Waals surface area contributed by atoms with Gasteiger partial charge in [-0.2, -0.15) is 0 Å². The fourth-order valence-electron chi connectivity index (χ4n) is 4.19. The highest BCUT2D eigenvalue weighted by Crippen LogP contribution is 2.44. The Morgan fingerprint density at radius 1 is 1.09 bits per heavy atom. The van der Waals surface area contributed by atoms with Crippen molar-refractivity contribution in [2.24, 2.45) is 5.92 Å². The van der Waals surface area contributed by atoms with Gasteiger partial charge in [-0.15, -0.1) is 6.58 Å². The molecule has 0 bridgehead atoms. The molecule has 0 aliphatic heterocycles. The summed E-state index contributed by atoms with van der Waals surface area (Å²) in [5, 5.41) is 14.5. The molecule has 0 aromatic heterocycles. The Labute approximate surface area is 193 Å². The second kappa shape index (κ2) is 11.3. The highest BCUT2D eigenvalue weighted by molar-refractivity contribution is 5.86. The smallest absolute Gasteiger partial charge is 0.407 e. The number of nitrogens with one attached hydrogen (secondary N) is 2. The summed E-state index contributed by atoms with van der Waals surface area (Å²) >= 11 is 0. The molecule has 0 fully saturated rings. The lowest BCUT2D eigenvalue weighted by Gasteiger charge is -2.20. The van der Waals surface area contributed by atoms with Crippen LogP contribution in [0.4, 0.5) is 4.79 Å². The molecule has 0 heterocycles. The van der Waals surface area contributed by atoms with Gasteiger partial charge >= 0.3 is 12.1 Å². The molecule has 7 nitrogen and oxygen atoms in total. The maximum absolute atomic E-state index is 12.6. The number of rotatable bonds is 11. The third kappa shape index (κ3) is 5.80. The summed E-state index contributed by atoms with van der Waals surface area (Å²) in [5.74, 6) is -2.18. The number of fused-ring (bicyclic) bond motifs is 3. The molecule has 1 aliphatic carbocycles. The lowest BCUT2D eigenvalue weighted by Crippen LogP contribution is -2.48. The molecule has 0 saturated carbocycles. The van der Waals surface area contributed by atoms with Gasteiger partial charge in [0.1, 0.15) is 12.6 Å². The fourth-order valence-corrected chi connectivity index (χ4v) is 4.19. The van der Waals surface area contributed by atoms with E-state index in [1.807, 2.05) is 43.3 Å². The maximum atomic E-state index is 12.6. The van der Waals surface area contributed by atoms with Crippen LogP contribution in [0.1, 0.15) is 43.2 Å². The van der Waals surface area contributed by atoms with Gasteiger partial charge in [-0.1, -0.05) is 68.0 Å². The zero-order valence-corrected chi connectivity index (χ0v) is 18.8. The number of aliphatic carboxylic acids is 1. The fraction of sp³-hybridized carbons (Fsp3) is 0.346. The quantitative estimate of drug-likeness (QED) is 0.447. The van der Waals surface area contributed by atoms with E-state index in [-0.39, 0.29) is 25.5 Å². The maximum Gasteiger partial charge on any atom is 0.407 e. The summed E-state index contributed by atoms with van der Waals surface area (Å²) in [6.45, 7) is 5.66. The summed E-state index contributed by atoms with van der Waals surface area (Å²) in [4.78, 5) is 36.4. The van der Waals surface area contributed by atoms with Crippen LogP contribution in [0.25, 0.3) is 11.1 Å². The molecule has 1 aliphatic rings. The van der Waals surface area contributed by atoms with E-state index in [1.54, 1.807) is 0 Å². The van der Waals surface area contributed by atoms with Crippen molar-refractivity contribution < 1.29 is 24.2 Å². The molecule has 7 heteroatoms. The molecule has 0 saturated heterocycles. The average Bonchev–Trinajstić information content (AvgIpc) is 3.13. The van der Waals surface area contributed by atoms with Crippen molar-refractivity contribution in [3.8, 4) is 11.1 Å². The number of amides is 2. The van der Waals surface area contributed by atoms with E-state index in [4.69, 9.17) is 4.74 Å². The van der Waals surface area contributed by atoms with Crippen LogP contribution in [-0.4, -0.2) is 42.3 Å². The third-order valence-electron chi connectivity index (χ3n) is 5.86. The van der Waals surface area contributed by atoms with Gasteiger partial charge in [0.2, 0.25) is 5.91 Å². The molecule has 2 aromatic rings. The van der Waals surface area contributed by atoms with Gasteiger partial charge in [0, 0.05) is 12.5 Å². The number of carbonyl (C=O) groups excluding carboxylic acids is 2. The van der Waals surface area contributed by atoms with Crippen LogP contribution in [-0.2, 0) is 14.3 Å². The summed E-state index contributed by atoms with van der Waals surface area (Å²) in [6.07, 6.45) is 2.17. The molecular formula is C26H30N2O5. The van der Waals surface area contributed by atoms with Crippen molar-refractivity contribution >= 4 is 18.0 Å². The van der Waals surface area contributed by atoms with Crippen LogP contribution >= 0.6 is 0 Å². The molecule has 33 heavy (non-hydrogen) atoms. The van der Waals surface area contributed by atoms with Crippen molar-refractivity contribution in [3.63, 3.8) is 0 Å². The van der Waals surface area contributed by atoms with E-state index in [9.17, 15) is 19.5 Å². The van der Waals surface area contributed by atoms with Gasteiger partial charge in [0.25, 0.3) is 0 Å². The predicted molar refractivity (Wildman–Crippen MR) is 126 cm³/mol. The molecule has 174 valence electrons. The number of carboxylic acids is 1. The lowest BCUT2D eigenvalue weighted by atomic mass is 9.98. The molecule has 3 N–H and O–H groups in total. The van der Waals surface area contributed by atoms with Crippen molar-refractivity contribution in [1.82, 2.24) is 10.6 Å². The van der Waals surface area contributed by atoms with Gasteiger partial charge in [-0.3, -0.25) is 9.59 Å². The summed E-state index contributed by atoms with van der Waals surface area (Å²) in [5.41, 5.74) is 4.46. The first-order chi connectivity index (χ1) is 16.0. The molecule has 0 radical (unpaired) electrons. The Hall–Kier alpha value is -3.61. The molecular weight excluding hydrogens is 420 g/mol. The van der Waals surface area contributed by atoms with Gasteiger partial charge in [-0.25, -0.2) is 4.79 Å². The van der Waals surface area contributed by atoms with Crippen molar-refractivity contribution in [2.75, 3.05) is 13.2 Å². The third-order valence-corrected chi connectivity index (χ3v) is 5.86. The zero-order chi connectivity index (χ0) is 23.8. The Kier molecular flexibility index (Phi) is 8.24. The number of ether oxygens (including phenoxy) is 1. The van der Waals surface area contributed by atoms with E-state index < -0.39 is 29.9 Å². The first-order valence-electron chi connectivity index (χ1n) is 11.2. The topological polar surface area (TPSA) is 105 Å². The number of carboxylic acid groups (broad SMARTS) is 1. The predicted octanol–water partition coefficient (Wildman–Crippen LogP) is 4.09. The van der Waals surface area contributed by atoms with Crippen LogP contribution < -0.4 is 10.6 Å². The number of alkyl carbamates (subject to hydrolysis) is 1. The van der Waals surface area contributed by atoms with Crippen LogP contribution in [0.5, 0.6) is 0 Å². The number of hydrogen-bond acceptors (Lipinski definition) is 4. The second-order valence-electron chi connectivity index (χ2n) is 8.12. The van der Waals surface area contributed by atoms with Crippen LogP contribution in [0, 0.1) is 5.92 Å². The standard InChI is InChI=1S/C26H30N2O5/c1-3-9-17(25(30)31)15-27-24(29)23(10-4-2)28-26(32)33-16-22-20-13-7-5-11-18(20)19-12-6-8-14-21(19)22/h4-8,11-14,17,22-23H,2-3,9-10,15-16H2,1H3,(H,27,29)(H,28,32)(H,30,31). The van der Waals surface area contributed by atoms with Gasteiger partial charge in [0.15, 0.2) is 0 Å². The Bertz CT molecular complexity index is 974. The van der Waals surface area contributed by atoms with Crippen molar-refractivity contribution in [1.29, 1.82) is 0 Å². The molecule has 0 spiro atoms. The Morgan fingerprint density at radius 3 is 2.24 bits per heavy atom. The summed E-state index contributed by atoms with van der Waals surface area (Å²) < 4.78 is 5.51.